The van der Waals surface area contributed by atoms with Gasteiger partial charge in [-0.2, -0.15) is 0 Å². The van der Waals surface area contributed by atoms with E-state index in [2.05, 4.69) is 109 Å². The molecule has 186 valence electrons. The molecule has 0 fully saturated rings. The summed E-state index contributed by atoms with van der Waals surface area (Å²) in [4.78, 5) is 16.7. The van der Waals surface area contributed by atoms with Crippen molar-refractivity contribution in [2.45, 2.75) is 32.5 Å². The third-order valence-electron chi connectivity index (χ3n) is 8.02. The van der Waals surface area contributed by atoms with E-state index >= 15 is 0 Å². The van der Waals surface area contributed by atoms with Crippen molar-refractivity contribution < 1.29 is 4.79 Å². The summed E-state index contributed by atoms with van der Waals surface area (Å²) in [5.74, 6) is 0.0619. The minimum Gasteiger partial charge on any atom is -0.363 e. The number of para-hydroxylation sites is 2. The molecule has 1 unspecified atom stereocenters. The average molecular weight is 496 g/mol. The van der Waals surface area contributed by atoms with E-state index < -0.39 is 5.54 Å². The Morgan fingerprint density at radius 3 is 2.21 bits per heavy atom. The minimum absolute atomic E-state index is 0.0619. The maximum absolute atomic E-state index is 14.7. The van der Waals surface area contributed by atoms with Gasteiger partial charge in [0.05, 0.1) is 17.9 Å². The van der Waals surface area contributed by atoms with Gasteiger partial charge in [0.2, 0.25) is 0 Å². The van der Waals surface area contributed by atoms with Gasteiger partial charge in [0, 0.05) is 34.6 Å². The van der Waals surface area contributed by atoms with Crippen LogP contribution in [0.25, 0.3) is 11.3 Å². The highest BCUT2D eigenvalue weighted by atomic mass is 16.2. The van der Waals surface area contributed by atoms with Crippen LogP contribution in [0.4, 0.5) is 11.4 Å². The Bertz CT molecular complexity index is 1680. The van der Waals surface area contributed by atoms with E-state index in [0.717, 1.165) is 51.6 Å². The normalized spacial score (nSPS) is 17.2. The number of hydrogen-bond acceptors (Lipinski definition) is 2. The molecule has 0 radical (unpaired) electrons. The second-order valence-electron chi connectivity index (χ2n) is 10.4. The summed E-state index contributed by atoms with van der Waals surface area (Å²) in [5.41, 5.74) is 9.92. The summed E-state index contributed by atoms with van der Waals surface area (Å²) in [7, 11) is 0. The van der Waals surface area contributed by atoms with Crippen LogP contribution in [0.15, 0.2) is 109 Å². The molecular formula is C34H29N3O. The van der Waals surface area contributed by atoms with Crippen LogP contribution in [0, 0.1) is 13.8 Å². The summed E-state index contributed by atoms with van der Waals surface area (Å²) < 4.78 is 2.37. The quantitative estimate of drug-likeness (QED) is 0.290. The van der Waals surface area contributed by atoms with Crippen molar-refractivity contribution in [2.75, 3.05) is 10.2 Å². The van der Waals surface area contributed by atoms with Crippen LogP contribution in [-0.2, 0) is 23.4 Å². The van der Waals surface area contributed by atoms with Crippen molar-refractivity contribution in [2.24, 2.45) is 0 Å². The molecule has 1 atom stereocenters. The third kappa shape index (κ3) is 3.26. The van der Waals surface area contributed by atoms with E-state index in [1.807, 2.05) is 29.2 Å². The van der Waals surface area contributed by atoms with E-state index in [4.69, 9.17) is 0 Å². The molecule has 1 N–H and O–H groups in total. The lowest BCUT2D eigenvalue weighted by molar-refractivity contribution is -0.121. The van der Waals surface area contributed by atoms with Gasteiger partial charge in [-0.05, 0) is 43.2 Å². The first kappa shape index (κ1) is 22.6. The summed E-state index contributed by atoms with van der Waals surface area (Å²) in [5, 5.41) is 3.76. The summed E-state index contributed by atoms with van der Waals surface area (Å²) in [6.07, 6.45) is 0. The molecule has 0 aliphatic carbocycles. The maximum Gasteiger partial charge on any atom is 0.262 e. The first-order valence-corrected chi connectivity index (χ1v) is 13.2. The lowest BCUT2D eigenvalue weighted by atomic mass is 9.79. The van der Waals surface area contributed by atoms with Gasteiger partial charge in [-0.15, -0.1) is 0 Å². The number of rotatable bonds is 4. The van der Waals surface area contributed by atoms with Crippen molar-refractivity contribution in [3.63, 3.8) is 0 Å². The van der Waals surface area contributed by atoms with Crippen LogP contribution in [0.1, 0.15) is 33.5 Å². The van der Waals surface area contributed by atoms with Crippen LogP contribution in [-0.4, -0.2) is 10.5 Å². The molecule has 0 saturated heterocycles. The largest absolute Gasteiger partial charge is 0.363 e. The number of benzene rings is 4. The number of hydrogen-bond donors (Lipinski definition) is 1. The number of nitrogens with zero attached hydrogens (tertiary/aromatic N) is 2. The van der Waals surface area contributed by atoms with Gasteiger partial charge in [0.15, 0.2) is 5.54 Å². The molecule has 4 heteroatoms. The van der Waals surface area contributed by atoms with Crippen molar-refractivity contribution in [3.05, 3.63) is 143 Å². The predicted octanol–water partition coefficient (Wildman–Crippen LogP) is 7.04. The second kappa shape index (κ2) is 8.49. The third-order valence-corrected chi connectivity index (χ3v) is 8.02. The highest BCUT2D eigenvalue weighted by molar-refractivity contribution is 6.14. The van der Waals surface area contributed by atoms with Gasteiger partial charge in [0.1, 0.15) is 0 Å². The van der Waals surface area contributed by atoms with Crippen molar-refractivity contribution in [1.29, 1.82) is 0 Å². The fourth-order valence-corrected chi connectivity index (χ4v) is 6.16. The lowest BCUT2D eigenvalue weighted by Crippen LogP contribution is -2.48. The smallest absolute Gasteiger partial charge is 0.262 e. The molecule has 0 bridgehead atoms. The molecular weight excluding hydrogens is 466 g/mol. The van der Waals surface area contributed by atoms with Gasteiger partial charge < -0.3 is 14.8 Å². The Kier molecular flexibility index (Phi) is 5.05. The Balaban J connectivity index is 1.44. The highest BCUT2D eigenvalue weighted by Gasteiger charge is 2.56. The van der Waals surface area contributed by atoms with E-state index in [1.54, 1.807) is 0 Å². The number of amides is 1. The van der Waals surface area contributed by atoms with Crippen molar-refractivity contribution in [1.82, 2.24) is 4.57 Å². The molecule has 2 aliphatic heterocycles. The van der Waals surface area contributed by atoms with Gasteiger partial charge in [-0.3, -0.25) is 4.79 Å². The predicted molar refractivity (Wildman–Crippen MR) is 153 cm³/mol. The molecule has 4 aromatic carbocycles. The maximum atomic E-state index is 14.7. The SMILES string of the molecule is Cc1ccc(CN2C(=O)C3(Nc4ccccc4-c4c3cc(C)n4Cc3ccccc3)c3ccccc32)cc1. The van der Waals surface area contributed by atoms with Crippen LogP contribution in [0.3, 0.4) is 0 Å². The summed E-state index contributed by atoms with van der Waals surface area (Å²) in [6.45, 7) is 5.50. The van der Waals surface area contributed by atoms with Gasteiger partial charge in [-0.25, -0.2) is 0 Å². The van der Waals surface area contributed by atoms with E-state index in [9.17, 15) is 4.79 Å². The molecule has 7 rings (SSSR count). The summed E-state index contributed by atoms with van der Waals surface area (Å²) in [6, 6.07) is 37.8. The Hall–Kier alpha value is -4.57. The van der Waals surface area contributed by atoms with Crippen LogP contribution < -0.4 is 10.2 Å². The molecule has 1 spiro atoms. The van der Waals surface area contributed by atoms with E-state index in [1.165, 1.54) is 11.1 Å². The highest BCUT2D eigenvalue weighted by Crippen LogP contribution is 2.54. The molecule has 0 saturated carbocycles. The number of nitrogens with one attached hydrogen (secondary N) is 1. The summed E-state index contributed by atoms with van der Waals surface area (Å²) >= 11 is 0. The lowest BCUT2D eigenvalue weighted by Gasteiger charge is -2.37. The number of carbonyl (C=O) groups is 1. The second-order valence-corrected chi connectivity index (χ2v) is 10.4. The van der Waals surface area contributed by atoms with Crippen LogP contribution in [0.5, 0.6) is 0 Å². The molecule has 2 aliphatic rings. The van der Waals surface area contributed by atoms with Gasteiger partial charge in [0.25, 0.3) is 5.91 Å². The average Bonchev–Trinajstić information content (AvgIpc) is 3.39. The Morgan fingerprint density at radius 1 is 0.711 bits per heavy atom. The Labute approximate surface area is 223 Å². The fraction of sp³-hybridized carbons (Fsp3) is 0.147. The van der Waals surface area contributed by atoms with Gasteiger partial charge >= 0.3 is 0 Å². The zero-order valence-corrected chi connectivity index (χ0v) is 21.6. The Morgan fingerprint density at radius 2 is 1.39 bits per heavy atom. The number of fused-ring (bicyclic) bond motifs is 6. The standard InChI is InChI=1S/C34H29N3O/c1-23-16-18-26(19-17-23)22-37-31-15-9-7-13-28(31)34(33(37)38)29-20-24(2)36(21-25-10-4-3-5-11-25)32(29)27-12-6-8-14-30(27)35-34/h3-20,35H,21-22H2,1-2H3. The van der Waals surface area contributed by atoms with Crippen LogP contribution in [0.2, 0.25) is 0 Å². The number of aryl methyl sites for hydroxylation is 2. The fourth-order valence-electron chi connectivity index (χ4n) is 6.16. The topological polar surface area (TPSA) is 37.3 Å². The van der Waals surface area contributed by atoms with E-state index in [-0.39, 0.29) is 5.91 Å². The first-order chi connectivity index (χ1) is 18.6. The molecule has 38 heavy (non-hydrogen) atoms. The molecule has 4 nitrogen and oxygen atoms in total. The number of aromatic nitrogens is 1. The molecule has 5 aromatic rings. The zero-order chi connectivity index (χ0) is 25.9. The van der Waals surface area contributed by atoms with Crippen molar-refractivity contribution in [3.8, 4) is 11.3 Å². The molecule has 1 amide bonds. The minimum atomic E-state index is -0.988. The number of carbonyl (C=O) groups excluding carboxylic acids is 1. The zero-order valence-electron chi connectivity index (χ0n) is 21.6. The molecule has 1 aromatic heterocycles. The van der Waals surface area contributed by atoms with E-state index in [0.29, 0.717) is 6.54 Å². The van der Waals surface area contributed by atoms with Crippen molar-refractivity contribution >= 4 is 17.3 Å². The molecule has 3 heterocycles. The monoisotopic (exact) mass is 495 g/mol. The van der Waals surface area contributed by atoms with Crippen LogP contribution >= 0.6 is 0 Å². The number of anilines is 2. The first-order valence-electron chi connectivity index (χ1n) is 13.2. The van der Waals surface area contributed by atoms with Gasteiger partial charge in [-0.1, -0.05) is 96.6 Å².